The summed E-state index contributed by atoms with van der Waals surface area (Å²) in [6, 6.07) is 5.38. The number of hydrogen-bond acceptors (Lipinski definition) is 3. The Kier molecular flexibility index (Phi) is 4.28. The number of ether oxygens (including phenoxy) is 1. The van der Waals surface area contributed by atoms with Crippen molar-refractivity contribution in [2.75, 3.05) is 13.7 Å². The molecule has 2 rings (SSSR count). The third-order valence-electron chi connectivity index (χ3n) is 2.71. The van der Waals surface area contributed by atoms with Crippen LogP contribution in [0.15, 0.2) is 29.5 Å². The van der Waals surface area contributed by atoms with Crippen molar-refractivity contribution in [1.29, 1.82) is 0 Å². The third-order valence-corrected chi connectivity index (χ3v) is 2.71. The van der Waals surface area contributed by atoms with Crippen LogP contribution < -0.4 is 0 Å². The first-order valence-electron chi connectivity index (χ1n) is 5.95. The number of H-pyrrole nitrogens is 1. The number of fused-ring (bicyclic) bond motifs is 1. The highest BCUT2D eigenvalue weighted by atomic mass is 16.5. The molecule has 0 atom stereocenters. The Bertz CT molecular complexity index is 745. The normalized spacial score (nSPS) is 9.45. The van der Waals surface area contributed by atoms with Crippen molar-refractivity contribution in [3.05, 3.63) is 46.0 Å². The van der Waals surface area contributed by atoms with Crippen LogP contribution in [0.3, 0.4) is 0 Å². The Morgan fingerprint density at radius 3 is 3.15 bits per heavy atom. The topological polar surface area (TPSA) is 90.8 Å². The maximum atomic E-state index is 11.8. The average Bonchev–Trinajstić information content (AvgIpc) is 2.93. The van der Waals surface area contributed by atoms with Gasteiger partial charge in [-0.25, -0.2) is 4.79 Å². The maximum absolute atomic E-state index is 11.8. The molecule has 100 valence electrons. The van der Waals surface area contributed by atoms with Crippen molar-refractivity contribution in [2.24, 2.45) is 5.11 Å². The lowest BCUT2D eigenvalue weighted by molar-refractivity contribution is 0.0603. The first-order valence-corrected chi connectivity index (χ1v) is 5.95. The fourth-order valence-electron chi connectivity index (χ4n) is 1.83. The number of rotatable bonds is 3. The van der Waals surface area contributed by atoms with Crippen LogP contribution in [0.2, 0.25) is 0 Å². The molecule has 1 N–H and O–H groups in total. The van der Waals surface area contributed by atoms with Gasteiger partial charge in [0, 0.05) is 40.5 Å². The number of aromatic amines is 1. The van der Waals surface area contributed by atoms with Gasteiger partial charge in [0.25, 0.3) is 0 Å². The van der Waals surface area contributed by atoms with Crippen molar-refractivity contribution < 1.29 is 9.53 Å². The van der Waals surface area contributed by atoms with Crippen molar-refractivity contribution in [2.45, 2.75) is 6.42 Å². The number of aromatic nitrogens is 1. The van der Waals surface area contributed by atoms with Gasteiger partial charge in [-0.05, 0) is 23.7 Å². The number of nitrogens with zero attached hydrogens (tertiary/aromatic N) is 3. The van der Waals surface area contributed by atoms with E-state index >= 15 is 0 Å². The lowest BCUT2D eigenvalue weighted by Gasteiger charge is -2.02. The summed E-state index contributed by atoms with van der Waals surface area (Å²) >= 11 is 0. The summed E-state index contributed by atoms with van der Waals surface area (Å²) in [7, 11) is 1.35. The first kappa shape index (κ1) is 13.5. The summed E-state index contributed by atoms with van der Waals surface area (Å²) in [6.07, 6.45) is 2.23. The van der Waals surface area contributed by atoms with Crippen LogP contribution >= 0.6 is 0 Å². The molecule has 6 nitrogen and oxygen atoms in total. The molecule has 1 aromatic carbocycles. The Balaban J connectivity index is 2.34. The predicted molar refractivity (Wildman–Crippen MR) is 75.1 cm³/mol. The minimum Gasteiger partial charge on any atom is -0.465 e. The molecule has 0 saturated carbocycles. The maximum Gasteiger partial charge on any atom is 0.338 e. The number of methoxy groups -OCH3 is 1. The molecule has 20 heavy (non-hydrogen) atoms. The minimum absolute atomic E-state index is 0.331. The predicted octanol–water partition coefficient (Wildman–Crippen LogP) is 3.01. The van der Waals surface area contributed by atoms with E-state index in [1.165, 1.54) is 7.11 Å². The van der Waals surface area contributed by atoms with Gasteiger partial charge in [-0.3, -0.25) is 0 Å². The molecule has 0 fully saturated rings. The highest BCUT2D eigenvalue weighted by molar-refractivity contribution is 6.04. The van der Waals surface area contributed by atoms with Gasteiger partial charge in [-0.2, -0.15) is 0 Å². The number of benzene rings is 1. The van der Waals surface area contributed by atoms with Crippen LogP contribution in [0, 0.1) is 11.8 Å². The zero-order chi connectivity index (χ0) is 14.4. The zero-order valence-electron chi connectivity index (χ0n) is 10.9. The molecular formula is C14H12N4O2. The van der Waals surface area contributed by atoms with Crippen molar-refractivity contribution in [3.8, 4) is 11.8 Å². The molecule has 0 spiro atoms. The lowest BCUT2D eigenvalue weighted by atomic mass is 10.1. The Morgan fingerprint density at radius 2 is 2.40 bits per heavy atom. The summed E-state index contributed by atoms with van der Waals surface area (Å²) in [5, 5.41) is 4.20. The quantitative estimate of drug-likeness (QED) is 0.231. The van der Waals surface area contributed by atoms with E-state index in [2.05, 4.69) is 26.9 Å². The van der Waals surface area contributed by atoms with E-state index in [-0.39, 0.29) is 0 Å². The highest BCUT2D eigenvalue weighted by Gasteiger charge is 2.12. The largest absolute Gasteiger partial charge is 0.465 e. The van der Waals surface area contributed by atoms with Gasteiger partial charge in [0.15, 0.2) is 0 Å². The Morgan fingerprint density at radius 1 is 1.55 bits per heavy atom. The monoisotopic (exact) mass is 268 g/mol. The molecule has 0 bridgehead atoms. The molecule has 0 unspecified atom stereocenters. The number of carbonyl (C=O) groups is 1. The molecule has 0 aliphatic heterocycles. The molecule has 0 amide bonds. The second kappa shape index (κ2) is 6.32. The lowest BCUT2D eigenvalue weighted by Crippen LogP contribution is -2.02. The fraction of sp³-hybridized carbons (Fsp3) is 0.214. The molecule has 0 saturated heterocycles. The molecule has 1 heterocycles. The van der Waals surface area contributed by atoms with Crippen LogP contribution in [-0.2, 0) is 4.74 Å². The molecule has 0 radical (unpaired) electrons. The minimum atomic E-state index is -0.396. The van der Waals surface area contributed by atoms with E-state index < -0.39 is 5.97 Å². The van der Waals surface area contributed by atoms with E-state index in [1.54, 1.807) is 12.3 Å². The number of azide groups is 1. The summed E-state index contributed by atoms with van der Waals surface area (Å²) in [6.45, 7) is 0.331. The van der Waals surface area contributed by atoms with E-state index in [4.69, 9.17) is 10.3 Å². The van der Waals surface area contributed by atoms with Gasteiger partial charge in [0.2, 0.25) is 0 Å². The van der Waals surface area contributed by atoms with Gasteiger partial charge < -0.3 is 9.72 Å². The molecule has 0 aliphatic carbocycles. The van der Waals surface area contributed by atoms with E-state index in [1.807, 2.05) is 12.1 Å². The van der Waals surface area contributed by atoms with E-state index in [9.17, 15) is 4.79 Å². The third kappa shape index (κ3) is 2.91. The van der Waals surface area contributed by atoms with Crippen LogP contribution in [0.25, 0.3) is 21.3 Å². The standard InChI is InChI=1S/C14H12N4O2/c1-20-14(19)12-8-10(4-2-3-6-17-18-15)9-13-11(12)5-7-16-13/h5,7-9,16H,3,6H2,1H3. The van der Waals surface area contributed by atoms with Gasteiger partial charge in [-0.15, -0.1) is 0 Å². The van der Waals surface area contributed by atoms with Gasteiger partial charge in [0.1, 0.15) is 0 Å². The first-order chi connectivity index (χ1) is 9.76. The molecule has 0 aliphatic rings. The number of carbonyl (C=O) groups excluding carboxylic acids is 1. The second-order valence-corrected chi connectivity index (χ2v) is 3.96. The van der Waals surface area contributed by atoms with Gasteiger partial charge >= 0.3 is 5.97 Å². The van der Waals surface area contributed by atoms with Crippen molar-refractivity contribution >= 4 is 16.9 Å². The number of hydrogen-bond donors (Lipinski definition) is 1. The Labute approximate surface area is 115 Å². The molecule has 2 aromatic rings. The zero-order valence-corrected chi connectivity index (χ0v) is 10.9. The van der Waals surface area contributed by atoms with Gasteiger partial charge in [-0.1, -0.05) is 17.0 Å². The van der Waals surface area contributed by atoms with Crippen LogP contribution in [0.4, 0.5) is 0 Å². The average molecular weight is 268 g/mol. The Hall–Kier alpha value is -2.90. The summed E-state index contributed by atoms with van der Waals surface area (Å²) < 4.78 is 4.77. The number of nitrogens with one attached hydrogen (secondary N) is 1. The molecule has 6 heteroatoms. The van der Waals surface area contributed by atoms with Crippen LogP contribution in [0.5, 0.6) is 0 Å². The van der Waals surface area contributed by atoms with Gasteiger partial charge in [0.05, 0.1) is 12.7 Å². The fourth-order valence-corrected chi connectivity index (χ4v) is 1.83. The van der Waals surface area contributed by atoms with Crippen LogP contribution in [0.1, 0.15) is 22.3 Å². The summed E-state index contributed by atoms with van der Waals surface area (Å²) in [5.41, 5.74) is 10.2. The highest BCUT2D eigenvalue weighted by Crippen LogP contribution is 2.20. The molecule has 1 aromatic heterocycles. The smallest absolute Gasteiger partial charge is 0.338 e. The van der Waals surface area contributed by atoms with E-state index in [0.29, 0.717) is 24.1 Å². The summed E-state index contributed by atoms with van der Waals surface area (Å²) in [4.78, 5) is 17.5. The van der Waals surface area contributed by atoms with E-state index in [0.717, 1.165) is 10.9 Å². The van der Waals surface area contributed by atoms with Crippen molar-refractivity contribution in [1.82, 2.24) is 4.98 Å². The SMILES string of the molecule is COC(=O)c1cc(C#CCCN=[N+]=[N-])cc2[nH]ccc12. The summed E-state index contributed by atoms with van der Waals surface area (Å²) in [5.74, 6) is 5.44. The second-order valence-electron chi connectivity index (χ2n) is 3.96. The van der Waals surface area contributed by atoms with Crippen LogP contribution in [-0.4, -0.2) is 24.6 Å². The van der Waals surface area contributed by atoms with Crippen molar-refractivity contribution in [3.63, 3.8) is 0 Å². The number of esters is 1. The molecular weight excluding hydrogens is 256 g/mol.